The monoisotopic (exact) mass is 220 g/mol. The molecule has 1 aliphatic heterocycles. The topological polar surface area (TPSA) is 70.5 Å². The van der Waals surface area contributed by atoms with E-state index in [1.54, 1.807) is 23.2 Å². The quantitative estimate of drug-likeness (QED) is 0.793. The van der Waals surface area contributed by atoms with Gasteiger partial charge in [0.15, 0.2) is 0 Å². The zero-order valence-electron chi connectivity index (χ0n) is 8.67. The standard InChI is InChI=1S/C11H12N2O3/c14-10(8-2-1-4-12-6-8)13-5-3-9(7-13)11(15)16/h1-2,4,6,9H,3,5,7H2,(H,15,16). The van der Waals surface area contributed by atoms with Gasteiger partial charge >= 0.3 is 5.97 Å². The van der Waals surface area contributed by atoms with Crippen LogP contribution in [0.4, 0.5) is 0 Å². The molecule has 5 heteroatoms. The number of pyridine rings is 1. The third-order valence-corrected chi connectivity index (χ3v) is 2.73. The second-order valence-electron chi connectivity index (χ2n) is 3.82. The number of aromatic nitrogens is 1. The van der Waals surface area contributed by atoms with Crippen molar-refractivity contribution in [1.29, 1.82) is 0 Å². The molecule has 2 heterocycles. The van der Waals surface area contributed by atoms with Crippen molar-refractivity contribution in [3.05, 3.63) is 30.1 Å². The average molecular weight is 220 g/mol. The second-order valence-corrected chi connectivity index (χ2v) is 3.82. The van der Waals surface area contributed by atoms with E-state index in [0.29, 0.717) is 25.1 Å². The van der Waals surface area contributed by atoms with Crippen LogP contribution in [-0.4, -0.2) is 40.0 Å². The Morgan fingerprint density at radius 1 is 1.50 bits per heavy atom. The minimum atomic E-state index is -0.832. The molecule has 1 unspecified atom stereocenters. The molecule has 16 heavy (non-hydrogen) atoms. The minimum absolute atomic E-state index is 0.142. The van der Waals surface area contributed by atoms with Crippen LogP contribution in [0, 0.1) is 5.92 Å². The van der Waals surface area contributed by atoms with Crippen LogP contribution in [0.5, 0.6) is 0 Å². The van der Waals surface area contributed by atoms with Crippen molar-refractivity contribution in [3.8, 4) is 0 Å². The molecule has 1 aromatic heterocycles. The van der Waals surface area contributed by atoms with Gasteiger partial charge in [-0.1, -0.05) is 0 Å². The molecule has 1 fully saturated rings. The molecule has 1 amide bonds. The first-order chi connectivity index (χ1) is 7.68. The lowest BCUT2D eigenvalue weighted by molar-refractivity contribution is -0.141. The number of carbonyl (C=O) groups is 2. The highest BCUT2D eigenvalue weighted by molar-refractivity contribution is 5.94. The van der Waals surface area contributed by atoms with Gasteiger partial charge in [0.05, 0.1) is 11.5 Å². The number of hydrogen-bond donors (Lipinski definition) is 1. The van der Waals surface area contributed by atoms with Gasteiger partial charge < -0.3 is 10.0 Å². The lowest BCUT2D eigenvalue weighted by Crippen LogP contribution is -2.29. The first-order valence-corrected chi connectivity index (χ1v) is 5.10. The predicted octanol–water partition coefficient (Wildman–Crippen LogP) is 0.628. The zero-order chi connectivity index (χ0) is 11.5. The fourth-order valence-corrected chi connectivity index (χ4v) is 1.82. The van der Waals surface area contributed by atoms with Crippen molar-refractivity contribution in [3.63, 3.8) is 0 Å². The van der Waals surface area contributed by atoms with Gasteiger partial charge in [0.1, 0.15) is 0 Å². The highest BCUT2D eigenvalue weighted by atomic mass is 16.4. The maximum Gasteiger partial charge on any atom is 0.308 e. The third-order valence-electron chi connectivity index (χ3n) is 2.73. The number of hydrogen-bond acceptors (Lipinski definition) is 3. The Balaban J connectivity index is 2.05. The van der Waals surface area contributed by atoms with Crippen molar-refractivity contribution in [2.75, 3.05) is 13.1 Å². The fourth-order valence-electron chi connectivity index (χ4n) is 1.82. The molecule has 0 aromatic carbocycles. The van der Waals surface area contributed by atoms with Gasteiger partial charge in [-0.25, -0.2) is 0 Å². The number of carbonyl (C=O) groups excluding carboxylic acids is 1. The number of rotatable bonds is 2. The van der Waals surface area contributed by atoms with Crippen molar-refractivity contribution in [1.82, 2.24) is 9.88 Å². The van der Waals surface area contributed by atoms with Crippen LogP contribution in [0.15, 0.2) is 24.5 Å². The van der Waals surface area contributed by atoms with Gasteiger partial charge in [-0.3, -0.25) is 14.6 Å². The normalized spacial score (nSPS) is 19.8. The van der Waals surface area contributed by atoms with Crippen LogP contribution in [-0.2, 0) is 4.79 Å². The van der Waals surface area contributed by atoms with Gasteiger partial charge in [-0.15, -0.1) is 0 Å². The molecule has 1 N–H and O–H groups in total. The van der Waals surface area contributed by atoms with E-state index >= 15 is 0 Å². The van der Waals surface area contributed by atoms with E-state index in [-0.39, 0.29) is 5.91 Å². The van der Waals surface area contributed by atoms with E-state index in [1.807, 2.05) is 0 Å². The lowest BCUT2D eigenvalue weighted by atomic mass is 10.1. The molecule has 0 bridgehead atoms. The second kappa shape index (κ2) is 4.30. The first kappa shape index (κ1) is 10.6. The first-order valence-electron chi connectivity index (χ1n) is 5.10. The molecule has 0 spiro atoms. The Kier molecular flexibility index (Phi) is 2.85. The fraction of sp³-hybridized carbons (Fsp3) is 0.364. The third kappa shape index (κ3) is 2.03. The molecule has 0 aliphatic carbocycles. The van der Waals surface area contributed by atoms with E-state index in [1.165, 1.54) is 6.20 Å². The summed E-state index contributed by atoms with van der Waals surface area (Å²) in [4.78, 5) is 28.1. The molecule has 84 valence electrons. The van der Waals surface area contributed by atoms with E-state index in [2.05, 4.69) is 4.98 Å². The molecule has 2 rings (SSSR count). The summed E-state index contributed by atoms with van der Waals surface area (Å²) in [5.41, 5.74) is 0.508. The van der Waals surface area contributed by atoms with Crippen LogP contribution >= 0.6 is 0 Å². The molecule has 5 nitrogen and oxygen atoms in total. The SMILES string of the molecule is O=C(O)C1CCN(C(=O)c2cccnc2)C1. The van der Waals surface area contributed by atoms with Gasteiger partial charge in [-0.05, 0) is 18.6 Å². The minimum Gasteiger partial charge on any atom is -0.481 e. The van der Waals surface area contributed by atoms with E-state index < -0.39 is 11.9 Å². The lowest BCUT2D eigenvalue weighted by Gasteiger charge is -2.15. The van der Waals surface area contributed by atoms with Crippen LogP contribution in [0.2, 0.25) is 0 Å². The van der Waals surface area contributed by atoms with E-state index in [4.69, 9.17) is 5.11 Å². The maximum absolute atomic E-state index is 11.9. The molecule has 1 aliphatic rings. The van der Waals surface area contributed by atoms with E-state index in [9.17, 15) is 9.59 Å². The summed E-state index contributed by atoms with van der Waals surface area (Å²) < 4.78 is 0. The highest BCUT2D eigenvalue weighted by Crippen LogP contribution is 2.18. The number of carboxylic acid groups (broad SMARTS) is 1. The molecule has 0 saturated carbocycles. The van der Waals surface area contributed by atoms with Crippen molar-refractivity contribution in [2.24, 2.45) is 5.92 Å². The van der Waals surface area contributed by atoms with Crippen LogP contribution in [0.3, 0.4) is 0 Å². The van der Waals surface area contributed by atoms with Crippen molar-refractivity contribution in [2.45, 2.75) is 6.42 Å². The van der Waals surface area contributed by atoms with Crippen molar-refractivity contribution >= 4 is 11.9 Å². The molecular formula is C11H12N2O3. The molecule has 1 saturated heterocycles. The summed E-state index contributed by atoms with van der Waals surface area (Å²) in [7, 11) is 0. The summed E-state index contributed by atoms with van der Waals surface area (Å²) in [5.74, 6) is -1.40. The Bertz CT molecular complexity index is 405. The van der Waals surface area contributed by atoms with Gasteiger partial charge in [-0.2, -0.15) is 0 Å². The number of likely N-dealkylation sites (tertiary alicyclic amines) is 1. The Labute approximate surface area is 92.7 Å². The number of aliphatic carboxylic acids is 1. The van der Waals surface area contributed by atoms with Crippen LogP contribution in [0.1, 0.15) is 16.8 Å². The number of carboxylic acids is 1. The molecule has 0 radical (unpaired) electrons. The van der Waals surface area contributed by atoms with Gasteiger partial charge in [0, 0.05) is 25.5 Å². The van der Waals surface area contributed by atoms with Gasteiger partial charge in [0.2, 0.25) is 0 Å². The van der Waals surface area contributed by atoms with Crippen LogP contribution in [0.25, 0.3) is 0 Å². The van der Waals surface area contributed by atoms with Crippen molar-refractivity contribution < 1.29 is 14.7 Å². The summed E-state index contributed by atoms with van der Waals surface area (Å²) in [6, 6.07) is 3.38. The molecule has 1 aromatic rings. The maximum atomic E-state index is 11.9. The number of nitrogens with zero attached hydrogens (tertiary/aromatic N) is 2. The zero-order valence-corrected chi connectivity index (χ0v) is 8.67. The average Bonchev–Trinajstić information content (AvgIpc) is 2.78. The van der Waals surface area contributed by atoms with Crippen LogP contribution < -0.4 is 0 Å². The Morgan fingerprint density at radius 2 is 2.31 bits per heavy atom. The molecule has 1 atom stereocenters. The largest absolute Gasteiger partial charge is 0.481 e. The van der Waals surface area contributed by atoms with E-state index in [0.717, 1.165) is 0 Å². The Morgan fingerprint density at radius 3 is 2.88 bits per heavy atom. The van der Waals surface area contributed by atoms with Gasteiger partial charge in [0.25, 0.3) is 5.91 Å². The number of amides is 1. The molecular weight excluding hydrogens is 208 g/mol. The smallest absolute Gasteiger partial charge is 0.308 e. The highest BCUT2D eigenvalue weighted by Gasteiger charge is 2.31. The summed E-state index contributed by atoms with van der Waals surface area (Å²) in [6.07, 6.45) is 3.62. The summed E-state index contributed by atoms with van der Waals surface area (Å²) >= 11 is 0. The summed E-state index contributed by atoms with van der Waals surface area (Å²) in [5, 5.41) is 8.83. The predicted molar refractivity (Wildman–Crippen MR) is 55.9 cm³/mol. The summed E-state index contributed by atoms with van der Waals surface area (Å²) in [6.45, 7) is 0.799. The Hall–Kier alpha value is -1.91.